The van der Waals surface area contributed by atoms with Crippen molar-refractivity contribution in [1.82, 2.24) is 15.2 Å². The lowest BCUT2D eigenvalue weighted by molar-refractivity contribution is 0.202. The van der Waals surface area contributed by atoms with Gasteiger partial charge in [-0.1, -0.05) is 72.8 Å². The van der Waals surface area contributed by atoms with Crippen molar-refractivity contribution in [2.75, 3.05) is 42.5 Å². The third-order valence-electron chi connectivity index (χ3n) is 7.85. The van der Waals surface area contributed by atoms with Crippen molar-refractivity contribution < 1.29 is 13.2 Å². The standard InChI is InChI=1S/C33H39N5O3S2/c1-43(40,41)37-29-14-12-28(13-15-29)31-24-42-32(35-31)36-33(39)38(22-18-25-16-20-34-21-17-25)23-19-30(26-8-4-2-5-9-26)27-10-6-3-7-11-27/h2-15,24-25,30,34,37H,16-23H2,1H3,(H,35,36,39). The van der Waals surface area contributed by atoms with E-state index in [1.807, 2.05) is 34.5 Å². The van der Waals surface area contributed by atoms with Crippen LogP contribution in [-0.4, -0.2) is 56.8 Å². The average Bonchev–Trinajstić information content (AvgIpc) is 3.48. The molecule has 0 saturated carbocycles. The zero-order chi connectivity index (χ0) is 30.1. The van der Waals surface area contributed by atoms with E-state index in [2.05, 4.69) is 68.9 Å². The van der Waals surface area contributed by atoms with Gasteiger partial charge in [-0.25, -0.2) is 18.2 Å². The van der Waals surface area contributed by atoms with Crippen LogP contribution in [0.15, 0.2) is 90.3 Å². The molecule has 1 aliphatic heterocycles. The first-order chi connectivity index (χ1) is 20.8. The lowest BCUT2D eigenvalue weighted by atomic mass is 9.88. The summed E-state index contributed by atoms with van der Waals surface area (Å²) in [6.07, 6.45) is 5.19. The number of hydrogen-bond donors (Lipinski definition) is 3. The minimum absolute atomic E-state index is 0.137. The number of aromatic nitrogens is 1. The molecule has 2 heterocycles. The average molecular weight is 618 g/mol. The second-order valence-electron chi connectivity index (χ2n) is 11.1. The number of carbonyl (C=O) groups excluding carboxylic acids is 1. The highest BCUT2D eigenvalue weighted by molar-refractivity contribution is 7.92. The van der Waals surface area contributed by atoms with Gasteiger partial charge >= 0.3 is 6.03 Å². The van der Waals surface area contributed by atoms with Crippen LogP contribution in [0.3, 0.4) is 0 Å². The lowest BCUT2D eigenvalue weighted by Gasteiger charge is -2.29. The summed E-state index contributed by atoms with van der Waals surface area (Å²) in [5, 5.41) is 8.92. The number of sulfonamides is 1. The molecular formula is C33H39N5O3S2. The van der Waals surface area contributed by atoms with Gasteiger partial charge in [-0.2, -0.15) is 0 Å². The Hall–Kier alpha value is -3.73. The summed E-state index contributed by atoms with van der Waals surface area (Å²) in [5.41, 5.74) is 4.54. The number of amides is 2. The van der Waals surface area contributed by atoms with Gasteiger partial charge < -0.3 is 10.2 Å². The second kappa shape index (κ2) is 14.6. The number of anilines is 2. The smallest absolute Gasteiger partial charge is 0.323 e. The zero-order valence-electron chi connectivity index (χ0n) is 24.4. The maximum Gasteiger partial charge on any atom is 0.323 e. The Balaban J connectivity index is 1.29. The van der Waals surface area contributed by atoms with Crippen LogP contribution in [0.2, 0.25) is 0 Å². The Morgan fingerprint density at radius 3 is 2.19 bits per heavy atom. The van der Waals surface area contributed by atoms with Crippen molar-refractivity contribution in [3.8, 4) is 11.3 Å². The molecule has 10 heteroatoms. The highest BCUT2D eigenvalue weighted by Crippen LogP contribution is 2.30. The van der Waals surface area contributed by atoms with Gasteiger partial charge in [0.2, 0.25) is 10.0 Å². The quantitative estimate of drug-likeness (QED) is 0.166. The van der Waals surface area contributed by atoms with Gasteiger partial charge in [-0.05, 0) is 68.0 Å². The highest BCUT2D eigenvalue weighted by atomic mass is 32.2. The van der Waals surface area contributed by atoms with Crippen LogP contribution in [0, 0.1) is 5.92 Å². The highest BCUT2D eigenvalue weighted by Gasteiger charge is 2.22. The van der Waals surface area contributed by atoms with E-state index < -0.39 is 10.0 Å². The molecule has 0 bridgehead atoms. The molecule has 0 radical (unpaired) electrons. The zero-order valence-corrected chi connectivity index (χ0v) is 26.0. The molecule has 226 valence electrons. The first-order valence-corrected chi connectivity index (χ1v) is 17.5. The number of carbonyl (C=O) groups is 1. The monoisotopic (exact) mass is 617 g/mol. The predicted octanol–water partition coefficient (Wildman–Crippen LogP) is 6.63. The van der Waals surface area contributed by atoms with E-state index in [4.69, 9.17) is 0 Å². The van der Waals surface area contributed by atoms with Crippen LogP contribution in [0.1, 0.15) is 42.7 Å². The van der Waals surface area contributed by atoms with E-state index in [1.54, 1.807) is 12.1 Å². The first-order valence-electron chi connectivity index (χ1n) is 14.7. The van der Waals surface area contributed by atoms with Crippen molar-refractivity contribution in [2.45, 2.75) is 31.6 Å². The molecule has 1 aromatic heterocycles. The van der Waals surface area contributed by atoms with Crippen molar-refractivity contribution in [1.29, 1.82) is 0 Å². The van der Waals surface area contributed by atoms with Crippen LogP contribution < -0.4 is 15.4 Å². The molecular weight excluding hydrogens is 579 g/mol. The number of urea groups is 1. The van der Waals surface area contributed by atoms with Crippen molar-refractivity contribution in [3.05, 3.63) is 101 Å². The molecule has 0 aliphatic carbocycles. The lowest BCUT2D eigenvalue weighted by Crippen LogP contribution is -2.38. The number of benzene rings is 3. The predicted molar refractivity (Wildman–Crippen MR) is 176 cm³/mol. The molecule has 5 rings (SSSR count). The molecule has 0 spiro atoms. The van der Waals surface area contributed by atoms with E-state index in [1.165, 1.54) is 22.5 Å². The SMILES string of the molecule is CS(=O)(=O)Nc1ccc(-c2csc(NC(=O)N(CCC3CCNCC3)CCC(c3ccccc3)c3ccccc3)n2)cc1. The number of rotatable bonds is 12. The van der Waals surface area contributed by atoms with Gasteiger partial charge in [0.15, 0.2) is 5.13 Å². The van der Waals surface area contributed by atoms with E-state index in [9.17, 15) is 13.2 Å². The summed E-state index contributed by atoms with van der Waals surface area (Å²) in [7, 11) is -3.35. The van der Waals surface area contributed by atoms with E-state index >= 15 is 0 Å². The maximum atomic E-state index is 13.7. The minimum Gasteiger partial charge on any atom is -0.324 e. The molecule has 3 N–H and O–H groups in total. The Morgan fingerprint density at radius 2 is 1.58 bits per heavy atom. The molecule has 2 amide bonds. The number of hydrogen-bond acceptors (Lipinski definition) is 6. The van der Waals surface area contributed by atoms with E-state index in [0.29, 0.717) is 29.8 Å². The van der Waals surface area contributed by atoms with Crippen LogP contribution in [0.25, 0.3) is 11.3 Å². The molecule has 1 aliphatic rings. The van der Waals surface area contributed by atoms with Gasteiger partial charge in [-0.15, -0.1) is 11.3 Å². The molecule has 8 nitrogen and oxygen atoms in total. The van der Waals surface area contributed by atoms with Gasteiger partial charge in [0.25, 0.3) is 0 Å². The fraction of sp³-hybridized carbons (Fsp3) is 0.333. The van der Waals surface area contributed by atoms with Crippen LogP contribution in [0.5, 0.6) is 0 Å². The molecule has 0 unspecified atom stereocenters. The number of nitrogens with zero attached hydrogens (tertiary/aromatic N) is 2. The van der Waals surface area contributed by atoms with E-state index in [0.717, 1.165) is 56.3 Å². The largest absolute Gasteiger partial charge is 0.324 e. The van der Waals surface area contributed by atoms with Crippen LogP contribution in [0.4, 0.5) is 15.6 Å². The normalized spacial score (nSPS) is 14.0. The summed E-state index contributed by atoms with van der Waals surface area (Å²) in [6.45, 7) is 3.39. The topological polar surface area (TPSA) is 103 Å². The van der Waals surface area contributed by atoms with Gasteiger partial charge in [-0.3, -0.25) is 10.0 Å². The number of thiazole rings is 1. The van der Waals surface area contributed by atoms with Crippen molar-refractivity contribution in [2.24, 2.45) is 5.92 Å². The van der Waals surface area contributed by atoms with E-state index in [-0.39, 0.29) is 11.9 Å². The third kappa shape index (κ3) is 9.13. The van der Waals surface area contributed by atoms with Gasteiger partial charge in [0, 0.05) is 35.6 Å². The van der Waals surface area contributed by atoms with Crippen LogP contribution >= 0.6 is 11.3 Å². The third-order valence-corrected chi connectivity index (χ3v) is 9.21. The summed E-state index contributed by atoms with van der Waals surface area (Å²) in [6, 6.07) is 27.9. The van der Waals surface area contributed by atoms with Gasteiger partial charge in [0.05, 0.1) is 11.9 Å². The first kappa shape index (κ1) is 30.7. The summed E-state index contributed by atoms with van der Waals surface area (Å²) in [5.74, 6) is 0.797. The second-order valence-corrected chi connectivity index (χ2v) is 13.7. The molecule has 43 heavy (non-hydrogen) atoms. The number of piperidine rings is 1. The van der Waals surface area contributed by atoms with Crippen molar-refractivity contribution in [3.63, 3.8) is 0 Å². The summed E-state index contributed by atoms with van der Waals surface area (Å²) in [4.78, 5) is 20.3. The number of nitrogens with one attached hydrogen (secondary N) is 3. The molecule has 3 aromatic carbocycles. The molecule has 4 aromatic rings. The fourth-order valence-electron chi connectivity index (χ4n) is 5.56. The van der Waals surface area contributed by atoms with Crippen LogP contribution in [-0.2, 0) is 10.0 Å². The Kier molecular flexibility index (Phi) is 10.5. The molecule has 0 atom stereocenters. The molecule has 1 saturated heterocycles. The maximum absolute atomic E-state index is 13.7. The minimum atomic E-state index is -3.35. The Bertz CT molecular complexity index is 1520. The summed E-state index contributed by atoms with van der Waals surface area (Å²) >= 11 is 1.38. The van der Waals surface area contributed by atoms with Gasteiger partial charge in [0.1, 0.15) is 0 Å². The Morgan fingerprint density at radius 1 is 0.953 bits per heavy atom. The van der Waals surface area contributed by atoms with Crippen molar-refractivity contribution >= 4 is 38.2 Å². The molecule has 1 fully saturated rings. The summed E-state index contributed by atoms with van der Waals surface area (Å²) < 4.78 is 25.5. The fourth-order valence-corrected chi connectivity index (χ4v) is 6.84. The Labute approximate surface area is 258 Å².